The highest BCUT2D eigenvalue weighted by Gasteiger charge is 2.46. The minimum Gasteiger partial charge on any atom is -0.494 e. The van der Waals surface area contributed by atoms with Crippen LogP contribution in [-0.4, -0.2) is 45.8 Å². The van der Waals surface area contributed by atoms with Crippen LogP contribution in [0.3, 0.4) is 0 Å². The Balaban J connectivity index is 1.44. The topological polar surface area (TPSA) is 69.5 Å². The number of fused-ring (bicyclic) bond motifs is 4. The van der Waals surface area contributed by atoms with Gasteiger partial charge in [0, 0.05) is 50.3 Å². The third-order valence-electron chi connectivity index (χ3n) is 5.97. The number of hydrogen-bond donors (Lipinski definition) is 0. The quantitative estimate of drug-likeness (QED) is 0.673. The van der Waals surface area contributed by atoms with E-state index in [1.165, 1.54) is 0 Å². The standard InChI is InChI=1S/C22H22N4O3/c1-25-20-15-5-3-4-6-18(15)29-22(17(20)13-24-25)8-11-26(12-9-22)21(27)16-7-10-23-14-19(16)28-2/h3-7,10,13-14H,8-9,11-12H2,1-2H3. The number of aromatic nitrogens is 3. The van der Waals surface area contributed by atoms with Gasteiger partial charge in [-0.15, -0.1) is 0 Å². The predicted octanol–water partition coefficient (Wildman–Crippen LogP) is 3.01. The normalized spacial score (nSPS) is 16.7. The van der Waals surface area contributed by atoms with Gasteiger partial charge in [-0.1, -0.05) is 12.1 Å². The molecule has 0 bridgehead atoms. The zero-order valence-electron chi connectivity index (χ0n) is 16.5. The highest BCUT2D eigenvalue weighted by atomic mass is 16.5. The molecule has 0 aliphatic carbocycles. The largest absolute Gasteiger partial charge is 0.494 e. The molecule has 4 heterocycles. The van der Waals surface area contributed by atoms with Crippen LogP contribution in [0.2, 0.25) is 0 Å². The number of pyridine rings is 1. The Hall–Kier alpha value is -3.35. The van der Waals surface area contributed by atoms with Gasteiger partial charge in [0.15, 0.2) is 0 Å². The molecule has 0 unspecified atom stereocenters. The van der Waals surface area contributed by atoms with Gasteiger partial charge in [0.05, 0.1) is 30.8 Å². The van der Waals surface area contributed by atoms with Crippen molar-refractivity contribution in [1.82, 2.24) is 19.7 Å². The summed E-state index contributed by atoms with van der Waals surface area (Å²) in [4.78, 5) is 19.0. The molecule has 0 N–H and O–H groups in total. The molecular weight excluding hydrogens is 368 g/mol. The van der Waals surface area contributed by atoms with Crippen LogP contribution in [0.5, 0.6) is 11.5 Å². The first kappa shape index (κ1) is 17.7. The van der Waals surface area contributed by atoms with Crippen molar-refractivity contribution in [1.29, 1.82) is 0 Å². The molecule has 7 heteroatoms. The van der Waals surface area contributed by atoms with Crippen LogP contribution in [0, 0.1) is 0 Å². The molecule has 1 spiro atoms. The summed E-state index contributed by atoms with van der Waals surface area (Å²) in [6.45, 7) is 1.20. The summed E-state index contributed by atoms with van der Waals surface area (Å²) in [7, 11) is 3.51. The van der Waals surface area contributed by atoms with E-state index in [0.717, 1.165) is 22.6 Å². The van der Waals surface area contributed by atoms with Crippen molar-refractivity contribution in [3.8, 4) is 22.8 Å². The van der Waals surface area contributed by atoms with Crippen LogP contribution in [-0.2, 0) is 12.6 Å². The molecule has 1 saturated heterocycles. The van der Waals surface area contributed by atoms with Gasteiger partial charge < -0.3 is 14.4 Å². The Morgan fingerprint density at radius 2 is 1.97 bits per heavy atom. The van der Waals surface area contributed by atoms with E-state index in [1.807, 2.05) is 41.0 Å². The molecule has 148 valence electrons. The number of rotatable bonds is 2. The fourth-order valence-corrected chi connectivity index (χ4v) is 4.44. The summed E-state index contributed by atoms with van der Waals surface area (Å²) in [6.07, 6.45) is 6.51. The van der Waals surface area contributed by atoms with Gasteiger partial charge in [-0.25, -0.2) is 0 Å². The molecule has 29 heavy (non-hydrogen) atoms. The number of piperidine rings is 1. The molecule has 2 aromatic heterocycles. The SMILES string of the molecule is COc1cnccc1C(=O)N1CCC2(CC1)Oc1ccccc1-c1c2cnn1C. The lowest BCUT2D eigenvalue weighted by atomic mass is 9.81. The van der Waals surface area contributed by atoms with Gasteiger partial charge in [-0.3, -0.25) is 14.5 Å². The molecule has 0 radical (unpaired) electrons. The summed E-state index contributed by atoms with van der Waals surface area (Å²) in [5.74, 6) is 1.33. The molecule has 2 aliphatic heterocycles. The average molecular weight is 390 g/mol. The molecule has 1 amide bonds. The second kappa shape index (κ2) is 6.62. The van der Waals surface area contributed by atoms with E-state index in [4.69, 9.17) is 9.47 Å². The van der Waals surface area contributed by atoms with Crippen molar-refractivity contribution in [2.75, 3.05) is 20.2 Å². The summed E-state index contributed by atoms with van der Waals surface area (Å²) in [5, 5.41) is 4.50. The fourth-order valence-electron chi connectivity index (χ4n) is 4.44. The van der Waals surface area contributed by atoms with E-state index in [-0.39, 0.29) is 5.91 Å². The molecule has 5 rings (SSSR count). The summed E-state index contributed by atoms with van der Waals surface area (Å²) in [5.41, 5.74) is 3.34. The maximum absolute atomic E-state index is 13.1. The van der Waals surface area contributed by atoms with Crippen molar-refractivity contribution in [3.63, 3.8) is 0 Å². The molecular formula is C22H22N4O3. The number of hydrogen-bond acceptors (Lipinski definition) is 5. The van der Waals surface area contributed by atoms with E-state index >= 15 is 0 Å². The summed E-state index contributed by atoms with van der Waals surface area (Å²) in [6, 6.07) is 9.78. The Morgan fingerprint density at radius 1 is 1.17 bits per heavy atom. The zero-order chi connectivity index (χ0) is 20.0. The Bertz CT molecular complexity index is 1080. The number of carbonyl (C=O) groups is 1. The van der Waals surface area contributed by atoms with Crippen molar-refractivity contribution in [2.45, 2.75) is 18.4 Å². The summed E-state index contributed by atoms with van der Waals surface area (Å²) >= 11 is 0. The minimum absolute atomic E-state index is 0.0401. The van der Waals surface area contributed by atoms with Gasteiger partial charge >= 0.3 is 0 Å². The second-order valence-corrected chi connectivity index (χ2v) is 7.49. The monoisotopic (exact) mass is 390 g/mol. The Morgan fingerprint density at radius 3 is 2.76 bits per heavy atom. The highest BCUT2D eigenvalue weighted by Crippen LogP contribution is 2.49. The maximum atomic E-state index is 13.1. The van der Waals surface area contributed by atoms with Crippen molar-refractivity contribution in [3.05, 3.63) is 60.0 Å². The van der Waals surface area contributed by atoms with E-state index in [9.17, 15) is 4.79 Å². The molecule has 1 fully saturated rings. The first-order valence-electron chi connectivity index (χ1n) is 9.71. The predicted molar refractivity (Wildman–Crippen MR) is 107 cm³/mol. The number of methoxy groups -OCH3 is 1. The van der Waals surface area contributed by atoms with Crippen LogP contribution in [0.4, 0.5) is 0 Å². The van der Waals surface area contributed by atoms with Crippen LogP contribution in [0.1, 0.15) is 28.8 Å². The number of carbonyl (C=O) groups excluding carboxylic acids is 1. The minimum atomic E-state index is -0.461. The van der Waals surface area contributed by atoms with Crippen LogP contribution >= 0.6 is 0 Å². The third kappa shape index (κ3) is 2.68. The van der Waals surface area contributed by atoms with Crippen LogP contribution < -0.4 is 9.47 Å². The first-order chi connectivity index (χ1) is 14.1. The van der Waals surface area contributed by atoms with Gasteiger partial charge in [0.1, 0.15) is 17.1 Å². The van der Waals surface area contributed by atoms with E-state index in [1.54, 1.807) is 25.6 Å². The number of likely N-dealkylation sites (tertiary alicyclic amines) is 1. The maximum Gasteiger partial charge on any atom is 0.257 e. The van der Waals surface area contributed by atoms with Crippen LogP contribution in [0.25, 0.3) is 11.3 Å². The number of benzene rings is 1. The summed E-state index contributed by atoms with van der Waals surface area (Å²) < 4.78 is 13.8. The molecule has 0 atom stereocenters. The number of para-hydroxylation sites is 1. The first-order valence-corrected chi connectivity index (χ1v) is 9.71. The highest BCUT2D eigenvalue weighted by molar-refractivity contribution is 5.96. The second-order valence-electron chi connectivity index (χ2n) is 7.49. The smallest absolute Gasteiger partial charge is 0.257 e. The lowest BCUT2D eigenvalue weighted by molar-refractivity contribution is -0.00180. The van der Waals surface area contributed by atoms with Crippen molar-refractivity contribution in [2.24, 2.45) is 7.05 Å². The number of ether oxygens (including phenoxy) is 2. The van der Waals surface area contributed by atoms with E-state index < -0.39 is 5.60 Å². The van der Waals surface area contributed by atoms with Gasteiger partial charge in [-0.05, 0) is 18.2 Å². The average Bonchev–Trinajstić information content (AvgIpc) is 3.17. The fraction of sp³-hybridized carbons (Fsp3) is 0.318. The van der Waals surface area contributed by atoms with Gasteiger partial charge in [0.2, 0.25) is 0 Å². The van der Waals surface area contributed by atoms with E-state index in [2.05, 4.69) is 16.1 Å². The van der Waals surface area contributed by atoms with Gasteiger partial charge in [-0.2, -0.15) is 5.10 Å². The van der Waals surface area contributed by atoms with Gasteiger partial charge in [0.25, 0.3) is 5.91 Å². The molecule has 3 aromatic rings. The van der Waals surface area contributed by atoms with Crippen LogP contribution in [0.15, 0.2) is 48.9 Å². The third-order valence-corrected chi connectivity index (χ3v) is 5.97. The molecule has 1 aromatic carbocycles. The van der Waals surface area contributed by atoms with Crippen molar-refractivity contribution < 1.29 is 14.3 Å². The number of aryl methyl sites for hydroxylation is 1. The molecule has 0 saturated carbocycles. The van der Waals surface area contributed by atoms with E-state index in [0.29, 0.717) is 37.2 Å². The zero-order valence-corrected chi connectivity index (χ0v) is 16.5. The molecule has 7 nitrogen and oxygen atoms in total. The number of nitrogens with zero attached hydrogens (tertiary/aromatic N) is 4. The lowest BCUT2D eigenvalue weighted by Gasteiger charge is -2.44. The Labute approximate surface area is 168 Å². The molecule has 2 aliphatic rings. The number of amides is 1. The Kier molecular flexibility index (Phi) is 4.04. The van der Waals surface area contributed by atoms with Crippen molar-refractivity contribution >= 4 is 5.91 Å². The lowest BCUT2D eigenvalue weighted by Crippen LogP contribution is -2.49.